The molecule has 0 atom stereocenters. The fourth-order valence-electron chi connectivity index (χ4n) is 1.82. The van der Waals surface area contributed by atoms with Crippen LogP contribution in [0.3, 0.4) is 0 Å². The van der Waals surface area contributed by atoms with Crippen molar-refractivity contribution in [2.45, 2.75) is 12.9 Å². The van der Waals surface area contributed by atoms with Gasteiger partial charge >= 0.3 is 12.3 Å². The number of carboxylic acids is 1. The number of pyridine rings is 1. The molecule has 0 aliphatic heterocycles. The highest BCUT2D eigenvalue weighted by Gasteiger charge is 2.33. The molecule has 24 heavy (non-hydrogen) atoms. The minimum absolute atomic E-state index is 0.0393. The van der Waals surface area contributed by atoms with Gasteiger partial charge in [0.25, 0.3) is 5.91 Å². The SMILES string of the molecule is O=C(O)c1ccc(OC(F)(F)F)c(C(=O)NCc2ccccn2)c1. The third-order valence-corrected chi connectivity index (χ3v) is 2.85. The van der Waals surface area contributed by atoms with Gasteiger partial charge in [0.15, 0.2) is 0 Å². The predicted octanol–water partition coefficient (Wildman–Crippen LogP) is 2.61. The number of ether oxygens (including phenoxy) is 1. The van der Waals surface area contributed by atoms with E-state index in [-0.39, 0.29) is 12.1 Å². The molecule has 0 saturated heterocycles. The standard InChI is InChI=1S/C15H11F3N2O4/c16-15(17,18)24-12-5-4-9(14(22)23)7-11(12)13(21)20-8-10-3-1-2-6-19-10/h1-7H,8H2,(H,20,21)(H,22,23). The van der Waals surface area contributed by atoms with Gasteiger partial charge in [0, 0.05) is 6.20 Å². The van der Waals surface area contributed by atoms with Crippen molar-refractivity contribution in [1.82, 2.24) is 10.3 Å². The molecule has 1 heterocycles. The van der Waals surface area contributed by atoms with Crippen molar-refractivity contribution >= 4 is 11.9 Å². The molecule has 126 valence electrons. The molecule has 1 aromatic heterocycles. The number of benzene rings is 1. The van der Waals surface area contributed by atoms with E-state index in [0.29, 0.717) is 5.69 Å². The van der Waals surface area contributed by atoms with Gasteiger partial charge < -0.3 is 15.2 Å². The Bertz CT molecular complexity index is 748. The fraction of sp³-hybridized carbons (Fsp3) is 0.133. The van der Waals surface area contributed by atoms with Gasteiger partial charge in [-0.2, -0.15) is 0 Å². The molecule has 1 aromatic carbocycles. The van der Waals surface area contributed by atoms with Gasteiger partial charge in [0.1, 0.15) is 5.75 Å². The number of carbonyl (C=O) groups excluding carboxylic acids is 1. The van der Waals surface area contributed by atoms with Crippen LogP contribution < -0.4 is 10.1 Å². The number of hydrogen-bond donors (Lipinski definition) is 2. The van der Waals surface area contributed by atoms with Crippen molar-refractivity contribution in [3.63, 3.8) is 0 Å². The Hall–Kier alpha value is -3.10. The van der Waals surface area contributed by atoms with E-state index >= 15 is 0 Å². The van der Waals surface area contributed by atoms with E-state index in [0.717, 1.165) is 18.2 Å². The molecule has 0 aliphatic rings. The number of halogens is 3. The third kappa shape index (κ3) is 4.70. The van der Waals surface area contributed by atoms with Crippen LogP contribution in [0.15, 0.2) is 42.6 Å². The summed E-state index contributed by atoms with van der Waals surface area (Å²) in [7, 11) is 0. The number of nitrogens with zero attached hydrogens (tertiary/aromatic N) is 1. The number of carboxylic acid groups (broad SMARTS) is 1. The van der Waals surface area contributed by atoms with Crippen molar-refractivity contribution < 1.29 is 32.6 Å². The average molecular weight is 340 g/mol. The lowest BCUT2D eigenvalue weighted by Gasteiger charge is -2.14. The van der Waals surface area contributed by atoms with Crippen LogP contribution in [0.5, 0.6) is 5.75 Å². The number of carbonyl (C=O) groups is 2. The van der Waals surface area contributed by atoms with Crippen LogP contribution in [-0.2, 0) is 6.54 Å². The molecule has 1 amide bonds. The van der Waals surface area contributed by atoms with Gasteiger partial charge in [0.05, 0.1) is 23.4 Å². The summed E-state index contributed by atoms with van der Waals surface area (Å²) in [4.78, 5) is 27.0. The maximum Gasteiger partial charge on any atom is 0.573 e. The van der Waals surface area contributed by atoms with Crippen molar-refractivity contribution in [2.75, 3.05) is 0 Å². The summed E-state index contributed by atoms with van der Waals surface area (Å²) in [6, 6.07) is 7.47. The molecule has 0 bridgehead atoms. The number of amides is 1. The molecule has 6 nitrogen and oxygen atoms in total. The summed E-state index contributed by atoms with van der Waals surface area (Å²) < 4.78 is 41.0. The summed E-state index contributed by atoms with van der Waals surface area (Å²) in [6.45, 7) is -0.0393. The number of hydrogen-bond acceptors (Lipinski definition) is 4. The minimum atomic E-state index is -5.01. The molecule has 0 radical (unpaired) electrons. The quantitative estimate of drug-likeness (QED) is 0.873. The van der Waals surface area contributed by atoms with E-state index < -0.39 is 29.6 Å². The van der Waals surface area contributed by atoms with Crippen molar-refractivity contribution in [2.24, 2.45) is 0 Å². The molecule has 0 unspecified atom stereocenters. The molecule has 0 fully saturated rings. The zero-order valence-corrected chi connectivity index (χ0v) is 12.0. The minimum Gasteiger partial charge on any atom is -0.478 e. The first-order valence-electron chi connectivity index (χ1n) is 6.57. The van der Waals surface area contributed by atoms with Crippen LogP contribution in [0.1, 0.15) is 26.4 Å². The molecule has 2 N–H and O–H groups in total. The number of nitrogens with one attached hydrogen (secondary N) is 1. The highest BCUT2D eigenvalue weighted by molar-refractivity contribution is 5.99. The van der Waals surface area contributed by atoms with Crippen LogP contribution in [0.4, 0.5) is 13.2 Å². The number of aromatic carboxylic acids is 1. The molecule has 2 rings (SSSR count). The maximum absolute atomic E-state index is 12.4. The average Bonchev–Trinajstić information content (AvgIpc) is 2.52. The first-order valence-corrected chi connectivity index (χ1v) is 6.57. The number of alkyl halides is 3. The third-order valence-electron chi connectivity index (χ3n) is 2.85. The summed E-state index contributed by atoms with van der Waals surface area (Å²) in [5.41, 5.74) is -0.394. The van der Waals surface area contributed by atoms with Gasteiger partial charge in [-0.25, -0.2) is 4.79 Å². The van der Waals surface area contributed by atoms with Gasteiger partial charge in [0.2, 0.25) is 0 Å². The highest BCUT2D eigenvalue weighted by Crippen LogP contribution is 2.27. The van der Waals surface area contributed by atoms with E-state index in [1.54, 1.807) is 18.2 Å². The Balaban J connectivity index is 2.25. The number of rotatable bonds is 5. The van der Waals surface area contributed by atoms with Crippen LogP contribution in [-0.4, -0.2) is 28.3 Å². The lowest BCUT2D eigenvalue weighted by molar-refractivity contribution is -0.274. The van der Waals surface area contributed by atoms with Gasteiger partial charge in [-0.3, -0.25) is 9.78 Å². The maximum atomic E-state index is 12.4. The smallest absolute Gasteiger partial charge is 0.478 e. The lowest BCUT2D eigenvalue weighted by atomic mass is 10.1. The Morgan fingerprint density at radius 1 is 1.21 bits per heavy atom. The molecule has 0 saturated carbocycles. The van der Waals surface area contributed by atoms with Crippen molar-refractivity contribution in [3.05, 3.63) is 59.4 Å². The monoisotopic (exact) mass is 340 g/mol. The second-order valence-electron chi connectivity index (χ2n) is 4.57. The van der Waals surface area contributed by atoms with E-state index in [9.17, 15) is 22.8 Å². The molecular formula is C15H11F3N2O4. The first kappa shape index (κ1) is 17.3. The first-order chi connectivity index (χ1) is 11.3. The van der Waals surface area contributed by atoms with E-state index in [2.05, 4.69) is 15.0 Å². The normalized spacial score (nSPS) is 11.0. The molecular weight excluding hydrogens is 329 g/mol. The number of aromatic nitrogens is 1. The topological polar surface area (TPSA) is 88.5 Å². The summed E-state index contributed by atoms with van der Waals surface area (Å²) in [5, 5.41) is 11.3. The molecule has 0 spiro atoms. The van der Waals surface area contributed by atoms with Crippen LogP contribution in [0.25, 0.3) is 0 Å². The van der Waals surface area contributed by atoms with Crippen molar-refractivity contribution in [3.8, 4) is 5.75 Å². The molecule has 9 heteroatoms. The van der Waals surface area contributed by atoms with Gasteiger partial charge in [-0.05, 0) is 30.3 Å². The lowest BCUT2D eigenvalue weighted by Crippen LogP contribution is -2.26. The Morgan fingerprint density at radius 2 is 1.96 bits per heavy atom. The molecule has 0 aliphatic carbocycles. The van der Waals surface area contributed by atoms with Crippen molar-refractivity contribution in [1.29, 1.82) is 0 Å². The second-order valence-corrected chi connectivity index (χ2v) is 4.57. The fourth-order valence-corrected chi connectivity index (χ4v) is 1.82. The largest absolute Gasteiger partial charge is 0.573 e. The molecule has 2 aromatic rings. The van der Waals surface area contributed by atoms with E-state index in [1.165, 1.54) is 6.20 Å². The summed E-state index contributed by atoms with van der Waals surface area (Å²) in [6.07, 6.45) is -3.52. The second kappa shape index (κ2) is 6.99. The van der Waals surface area contributed by atoms with E-state index in [4.69, 9.17) is 5.11 Å². The predicted molar refractivity (Wildman–Crippen MR) is 75.5 cm³/mol. The van der Waals surface area contributed by atoms with E-state index in [1.807, 2.05) is 0 Å². The van der Waals surface area contributed by atoms with Gasteiger partial charge in [-0.15, -0.1) is 13.2 Å². The van der Waals surface area contributed by atoms with Crippen LogP contribution in [0, 0.1) is 0 Å². The Labute approximate surface area is 133 Å². The van der Waals surface area contributed by atoms with Crippen LogP contribution >= 0.6 is 0 Å². The highest BCUT2D eigenvalue weighted by atomic mass is 19.4. The van der Waals surface area contributed by atoms with Gasteiger partial charge in [-0.1, -0.05) is 6.07 Å². The Kier molecular flexibility index (Phi) is 5.02. The zero-order valence-electron chi connectivity index (χ0n) is 12.0. The van der Waals surface area contributed by atoms with Crippen LogP contribution in [0.2, 0.25) is 0 Å². The summed E-state index contributed by atoms with van der Waals surface area (Å²) in [5.74, 6) is -3.08. The zero-order chi connectivity index (χ0) is 17.7. The summed E-state index contributed by atoms with van der Waals surface area (Å²) >= 11 is 0. The Morgan fingerprint density at radius 3 is 2.54 bits per heavy atom.